The molecule has 0 saturated carbocycles. The van der Waals surface area contributed by atoms with E-state index in [-0.39, 0.29) is 5.69 Å². The van der Waals surface area contributed by atoms with Gasteiger partial charge in [-0.15, -0.1) is 0 Å². The van der Waals surface area contributed by atoms with Crippen LogP contribution >= 0.6 is 0 Å². The first-order chi connectivity index (χ1) is 10.2. The molecule has 2 aliphatic heterocycles. The van der Waals surface area contributed by atoms with Crippen LogP contribution in [-0.4, -0.2) is 48.3 Å². The second-order valence-corrected chi connectivity index (χ2v) is 5.75. The number of hydrogen-bond acceptors (Lipinski definition) is 5. The standard InChI is InChI=1S/C15H19N3O3/c19-11-12-3-4-14(15(9-12)18(20)21)17-8-5-13(10-17)16-6-1-2-7-16/h3-4,9,11,13H,1-2,5-8,10H2. The van der Waals surface area contributed by atoms with E-state index in [0.29, 0.717) is 23.6 Å². The van der Waals surface area contributed by atoms with Gasteiger partial charge in [-0.1, -0.05) is 0 Å². The highest BCUT2D eigenvalue weighted by molar-refractivity contribution is 5.79. The SMILES string of the molecule is O=Cc1ccc(N2CCC(N3CCCC3)C2)c([N+](=O)[O-])c1. The number of nitro groups is 1. The van der Waals surface area contributed by atoms with Crippen molar-refractivity contribution in [2.45, 2.75) is 25.3 Å². The lowest BCUT2D eigenvalue weighted by Gasteiger charge is -2.24. The average molecular weight is 289 g/mol. The number of nitro benzene ring substituents is 1. The van der Waals surface area contributed by atoms with Crippen molar-refractivity contribution in [3.63, 3.8) is 0 Å². The Bertz CT molecular complexity index is 555. The number of nitrogens with zero attached hydrogens (tertiary/aromatic N) is 3. The molecule has 0 amide bonds. The summed E-state index contributed by atoms with van der Waals surface area (Å²) < 4.78 is 0. The lowest BCUT2D eigenvalue weighted by atomic mass is 10.1. The zero-order valence-electron chi connectivity index (χ0n) is 11.9. The summed E-state index contributed by atoms with van der Waals surface area (Å²) in [6, 6.07) is 5.22. The minimum Gasteiger partial charge on any atom is -0.364 e. The first kappa shape index (κ1) is 14.0. The number of carbonyl (C=O) groups is 1. The van der Waals surface area contributed by atoms with Gasteiger partial charge in [0.2, 0.25) is 0 Å². The number of carbonyl (C=O) groups excluding carboxylic acids is 1. The molecule has 1 aromatic rings. The van der Waals surface area contributed by atoms with Crippen LogP contribution in [0.5, 0.6) is 0 Å². The van der Waals surface area contributed by atoms with Gasteiger partial charge in [-0.3, -0.25) is 19.8 Å². The molecule has 112 valence electrons. The van der Waals surface area contributed by atoms with Gasteiger partial charge in [0.1, 0.15) is 12.0 Å². The maximum Gasteiger partial charge on any atom is 0.293 e. The van der Waals surface area contributed by atoms with Crippen molar-refractivity contribution in [2.75, 3.05) is 31.1 Å². The Balaban J connectivity index is 1.80. The lowest BCUT2D eigenvalue weighted by molar-refractivity contribution is -0.384. The highest BCUT2D eigenvalue weighted by atomic mass is 16.6. The Hall–Kier alpha value is -1.95. The van der Waals surface area contributed by atoms with Crippen molar-refractivity contribution in [1.82, 2.24) is 4.90 Å². The number of aldehydes is 1. The average Bonchev–Trinajstić information content (AvgIpc) is 3.17. The third-order valence-corrected chi connectivity index (χ3v) is 4.49. The van der Waals surface area contributed by atoms with E-state index in [1.807, 2.05) is 0 Å². The summed E-state index contributed by atoms with van der Waals surface area (Å²) >= 11 is 0. The summed E-state index contributed by atoms with van der Waals surface area (Å²) in [5.41, 5.74) is 1.01. The van der Waals surface area contributed by atoms with Crippen molar-refractivity contribution in [3.05, 3.63) is 33.9 Å². The molecular weight excluding hydrogens is 270 g/mol. The monoisotopic (exact) mass is 289 g/mol. The molecule has 0 N–H and O–H groups in total. The van der Waals surface area contributed by atoms with E-state index in [4.69, 9.17) is 0 Å². The molecule has 0 radical (unpaired) electrons. The fourth-order valence-corrected chi connectivity index (χ4v) is 3.39. The molecule has 2 fully saturated rings. The van der Waals surface area contributed by atoms with Gasteiger partial charge in [-0.25, -0.2) is 0 Å². The van der Waals surface area contributed by atoms with Gasteiger partial charge in [0, 0.05) is 30.8 Å². The maximum atomic E-state index is 11.2. The van der Waals surface area contributed by atoms with Crippen molar-refractivity contribution in [1.29, 1.82) is 0 Å². The molecular formula is C15H19N3O3. The van der Waals surface area contributed by atoms with Gasteiger partial charge >= 0.3 is 0 Å². The first-order valence-corrected chi connectivity index (χ1v) is 7.41. The van der Waals surface area contributed by atoms with E-state index in [1.165, 1.54) is 18.9 Å². The van der Waals surface area contributed by atoms with Crippen molar-refractivity contribution < 1.29 is 9.72 Å². The largest absolute Gasteiger partial charge is 0.364 e. The molecule has 2 aliphatic rings. The molecule has 3 rings (SSSR count). The molecule has 6 heteroatoms. The van der Waals surface area contributed by atoms with E-state index in [0.717, 1.165) is 32.6 Å². The number of anilines is 1. The molecule has 1 unspecified atom stereocenters. The number of benzene rings is 1. The predicted octanol–water partition coefficient (Wildman–Crippen LogP) is 2.08. The van der Waals surface area contributed by atoms with Gasteiger partial charge in [-0.2, -0.15) is 0 Å². The van der Waals surface area contributed by atoms with E-state index in [1.54, 1.807) is 12.1 Å². The molecule has 0 aromatic heterocycles. The molecule has 0 spiro atoms. The molecule has 21 heavy (non-hydrogen) atoms. The Kier molecular flexibility index (Phi) is 3.88. The Morgan fingerprint density at radius 3 is 2.67 bits per heavy atom. The zero-order valence-corrected chi connectivity index (χ0v) is 11.9. The molecule has 0 bridgehead atoms. The number of likely N-dealkylation sites (tertiary alicyclic amines) is 1. The van der Waals surface area contributed by atoms with Crippen LogP contribution in [0, 0.1) is 10.1 Å². The van der Waals surface area contributed by atoms with Crippen molar-refractivity contribution in [3.8, 4) is 0 Å². The fourth-order valence-electron chi connectivity index (χ4n) is 3.39. The predicted molar refractivity (Wildman–Crippen MR) is 79.9 cm³/mol. The van der Waals surface area contributed by atoms with E-state index >= 15 is 0 Å². The summed E-state index contributed by atoms with van der Waals surface area (Å²) in [7, 11) is 0. The van der Waals surface area contributed by atoms with Gasteiger partial charge in [-0.05, 0) is 44.5 Å². The molecule has 1 aromatic carbocycles. The van der Waals surface area contributed by atoms with Crippen LogP contribution in [0.3, 0.4) is 0 Å². The van der Waals surface area contributed by atoms with E-state index in [9.17, 15) is 14.9 Å². The number of rotatable bonds is 4. The highest BCUT2D eigenvalue weighted by Gasteiger charge is 2.32. The van der Waals surface area contributed by atoms with Gasteiger partial charge < -0.3 is 4.90 Å². The Morgan fingerprint density at radius 1 is 1.24 bits per heavy atom. The third kappa shape index (κ3) is 2.76. The van der Waals surface area contributed by atoms with Crippen LogP contribution in [0.1, 0.15) is 29.6 Å². The van der Waals surface area contributed by atoms with Gasteiger partial charge in [0.05, 0.1) is 4.92 Å². The second kappa shape index (κ2) is 5.81. The zero-order chi connectivity index (χ0) is 14.8. The maximum absolute atomic E-state index is 11.2. The quantitative estimate of drug-likeness (QED) is 0.482. The van der Waals surface area contributed by atoms with Crippen LogP contribution in [0.2, 0.25) is 0 Å². The van der Waals surface area contributed by atoms with Crippen LogP contribution in [0.15, 0.2) is 18.2 Å². The van der Waals surface area contributed by atoms with Crippen molar-refractivity contribution >= 4 is 17.7 Å². The summed E-state index contributed by atoms with van der Waals surface area (Å²) in [6.07, 6.45) is 4.20. The summed E-state index contributed by atoms with van der Waals surface area (Å²) in [5, 5.41) is 11.2. The number of hydrogen-bond donors (Lipinski definition) is 0. The fraction of sp³-hybridized carbons (Fsp3) is 0.533. The van der Waals surface area contributed by atoms with E-state index < -0.39 is 4.92 Å². The smallest absolute Gasteiger partial charge is 0.293 e. The molecule has 6 nitrogen and oxygen atoms in total. The normalized spacial score (nSPS) is 22.7. The summed E-state index contributed by atoms with van der Waals surface area (Å²) in [5.74, 6) is 0. The topological polar surface area (TPSA) is 66.7 Å². The first-order valence-electron chi connectivity index (χ1n) is 7.41. The van der Waals surface area contributed by atoms with Crippen LogP contribution < -0.4 is 4.90 Å². The van der Waals surface area contributed by atoms with Crippen LogP contribution in [0.4, 0.5) is 11.4 Å². The molecule has 2 saturated heterocycles. The van der Waals surface area contributed by atoms with Gasteiger partial charge in [0.15, 0.2) is 0 Å². The molecule has 0 aliphatic carbocycles. The minimum atomic E-state index is -0.397. The Morgan fingerprint density at radius 2 is 2.00 bits per heavy atom. The van der Waals surface area contributed by atoms with E-state index in [2.05, 4.69) is 9.80 Å². The summed E-state index contributed by atoms with van der Waals surface area (Å²) in [4.78, 5) is 26.2. The van der Waals surface area contributed by atoms with Crippen LogP contribution in [-0.2, 0) is 0 Å². The molecule has 2 heterocycles. The van der Waals surface area contributed by atoms with Crippen LogP contribution in [0.25, 0.3) is 0 Å². The Labute approximate surface area is 123 Å². The minimum absolute atomic E-state index is 0.0293. The second-order valence-electron chi connectivity index (χ2n) is 5.75. The summed E-state index contributed by atoms with van der Waals surface area (Å²) in [6.45, 7) is 3.96. The highest BCUT2D eigenvalue weighted by Crippen LogP contribution is 2.32. The van der Waals surface area contributed by atoms with Gasteiger partial charge in [0.25, 0.3) is 5.69 Å². The molecule has 1 atom stereocenters. The van der Waals surface area contributed by atoms with Crippen molar-refractivity contribution in [2.24, 2.45) is 0 Å². The third-order valence-electron chi connectivity index (χ3n) is 4.49. The lowest BCUT2D eigenvalue weighted by Crippen LogP contribution is -2.35.